The number of hydrogen-bond donors (Lipinski definition) is 0. The van der Waals surface area contributed by atoms with Gasteiger partial charge in [-0.15, -0.1) is 0 Å². The summed E-state index contributed by atoms with van der Waals surface area (Å²) < 4.78 is 10.6. The molecular weight excluding hydrogens is 320 g/mol. The molecule has 0 N–H and O–H groups in total. The van der Waals surface area contributed by atoms with Crippen molar-refractivity contribution >= 4 is 29.2 Å². The van der Waals surface area contributed by atoms with E-state index in [1.165, 1.54) is 4.90 Å². The van der Waals surface area contributed by atoms with Gasteiger partial charge in [-0.1, -0.05) is 11.6 Å². The van der Waals surface area contributed by atoms with Crippen molar-refractivity contribution in [3.63, 3.8) is 0 Å². The molecule has 1 amide bonds. The van der Waals surface area contributed by atoms with Gasteiger partial charge in [0, 0.05) is 12.1 Å². The molecule has 1 aromatic rings. The number of halogens is 1. The molecule has 0 aliphatic carbocycles. The molecule has 0 aromatic heterocycles. The molecule has 0 saturated heterocycles. The van der Waals surface area contributed by atoms with Gasteiger partial charge in [0.1, 0.15) is 18.4 Å². The normalized spacial score (nSPS) is 16.3. The SMILES string of the molecule is CCOC(=O)CN(C)C(=O)CN1CC(C)Oc2ccc(Cl)cc21. The predicted octanol–water partition coefficient (Wildman–Crippen LogP) is 1.95. The number of nitrogens with zero attached hydrogens (tertiary/aromatic N) is 2. The smallest absolute Gasteiger partial charge is 0.325 e. The highest BCUT2D eigenvalue weighted by Crippen LogP contribution is 2.35. The first-order valence-corrected chi connectivity index (χ1v) is 7.89. The van der Waals surface area contributed by atoms with Crippen LogP contribution in [0, 0.1) is 0 Å². The number of ether oxygens (including phenoxy) is 2. The van der Waals surface area contributed by atoms with Crippen LogP contribution >= 0.6 is 11.6 Å². The first kappa shape index (κ1) is 17.4. The lowest BCUT2D eigenvalue weighted by Gasteiger charge is -2.35. The third-order valence-corrected chi connectivity index (χ3v) is 3.73. The molecule has 1 aliphatic heterocycles. The lowest BCUT2D eigenvalue weighted by atomic mass is 10.2. The van der Waals surface area contributed by atoms with Crippen LogP contribution in [-0.2, 0) is 14.3 Å². The van der Waals surface area contributed by atoms with E-state index >= 15 is 0 Å². The number of esters is 1. The number of fused-ring (bicyclic) bond motifs is 1. The number of carbonyl (C=O) groups excluding carboxylic acids is 2. The molecule has 0 radical (unpaired) electrons. The van der Waals surface area contributed by atoms with Crippen molar-refractivity contribution in [1.29, 1.82) is 0 Å². The van der Waals surface area contributed by atoms with Crippen molar-refractivity contribution in [3.05, 3.63) is 23.2 Å². The van der Waals surface area contributed by atoms with E-state index in [0.29, 0.717) is 23.9 Å². The number of amides is 1. The van der Waals surface area contributed by atoms with Gasteiger partial charge in [-0.2, -0.15) is 0 Å². The molecule has 2 rings (SSSR count). The Morgan fingerprint density at radius 2 is 2.22 bits per heavy atom. The van der Waals surface area contributed by atoms with E-state index in [0.717, 1.165) is 5.69 Å². The average Bonchev–Trinajstić information content (AvgIpc) is 2.48. The van der Waals surface area contributed by atoms with Crippen LogP contribution < -0.4 is 9.64 Å². The first-order chi connectivity index (χ1) is 10.9. The summed E-state index contributed by atoms with van der Waals surface area (Å²) in [5.74, 6) is 0.120. The van der Waals surface area contributed by atoms with Crippen LogP contribution in [0.25, 0.3) is 0 Å². The number of anilines is 1. The summed E-state index contributed by atoms with van der Waals surface area (Å²) in [6, 6.07) is 5.33. The summed E-state index contributed by atoms with van der Waals surface area (Å²) in [5, 5.41) is 0.583. The van der Waals surface area contributed by atoms with Crippen LogP contribution in [-0.4, -0.2) is 56.2 Å². The van der Waals surface area contributed by atoms with E-state index in [9.17, 15) is 9.59 Å². The summed E-state index contributed by atoms with van der Waals surface area (Å²) in [5.41, 5.74) is 0.786. The minimum atomic E-state index is -0.415. The lowest BCUT2D eigenvalue weighted by Crippen LogP contribution is -2.45. The van der Waals surface area contributed by atoms with Crippen molar-refractivity contribution in [2.24, 2.45) is 0 Å². The molecule has 7 heteroatoms. The van der Waals surface area contributed by atoms with Gasteiger partial charge < -0.3 is 19.3 Å². The Morgan fingerprint density at radius 1 is 1.48 bits per heavy atom. The molecular formula is C16H21ClN2O4. The molecule has 1 aromatic carbocycles. The Hall–Kier alpha value is -1.95. The number of benzene rings is 1. The van der Waals surface area contributed by atoms with Crippen LogP contribution in [0.4, 0.5) is 5.69 Å². The maximum Gasteiger partial charge on any atom is 0.325 e. The minimum absolute atomic E-state index is 0.0353. The van der Waals surface area contributed by atoms with E-state index in [4.69, 9.17) is 21.1 Å². The van der Waals surface area contributed by atoms with E-state index in [-0.39, 0.29) is 25.1 Å². The van der Waals surface area contributed by atoms with Crippen LogP contribution in [0.5, 0.6) is 5.75 Å². The molecule has 0 fully saturated rings. The van der Waals surface area contributed by atoms with Crippen LogP contribution in [0.1, 0.15) is 13.8 Å². The average molecular weight is 341 g/mol. The van der Waals surface area contributed by atoms with E-state index in [2.05, 4.69) is 0 Å². The Bertz CT molecular complexity index is 593. The molecule has 1 heterocycles. The zero-order valence-electron chi connectivity index (χ0n) is 13.5. The first-order valence-electron chi connectivity index (χ1n) is 7.51. The highest BCUT2D eigenvalue weighted by atomic mass is 35.5. The summed E-state index contributed by atoms with van der Waals surface area (Å²) in [7, 11) is 1.59. The molecule has 23 heavy (non-hydrogen) atoms. The van der Waals surface area contributed by atoms with Gasteiger partial charge in [-0.05, 0) is 32.0 Å². The van der Waals surface area contributed by atoms with E-state index in [1.54, 1.807) is 32.2 Å². The van der Waals surface area contributed by atoms with Crippen LogP contribution in [0.15, 0.2) is 18.2 Å². The van der Waals surface area contributed by atoms with E-state index in [1.807, 2.05) is 11.8 Å². The second-order valence-corrected chi connectivity index (χ2v) is 5.91. The van der Waals surface area contributed by atoms with Crippen molar-refractivity contribution in [2.45, 2.75) is 20.0 Å². The van der Waals surface area contributed by atoms with Gasteiger partial charge in [-0.25, -0.2) is 0 Å². The zero-order chi connectivity index (χ0) is 17.0. The molecule has 0 saturated carbocycles. The van der Waals surface area contributed by atoms with Crippen LogP contribution in [0.3, 0.4) is 0 Å². The number of hydrogen-bond acceptors (Lipinski definition) is 5. The highest BCUT2D eigenvalue weighted by molar-refractivity contribution is 6.31. The zero-order valence-corrected chi connectivity index (χ0v) is 14.3. The van der Waals surface area contributed by atoms with Crippen molar-refractivity contribution in [2.75, 3.05) is 38.2 Å². The van der Waals surface area contributed by atoms with Gasteiger partial charge in [0.05, 0.1) is 25.4 Å². The second-order valence-electron chi connectivity index (χ2n) is 5.48. The molecule has 1 aliphatic rings. The monoisotopic (exact) mass is 340 g/mol. The number of likely N-dealkylation sites (N-methyl/N-ethyl adjacent to an activating group) is 1. The Kier molecular flexibility index (Phi) is 5.71. The van der Waals surface area contributed by atoms with E-state index < -0.39 is 5.97 Å². The van der Waals surface area contributed by atoms with Gasteiger partial charge in [0.2, 0.25) is 5.91 Å². The largest absolute Gasteiger partial charge is 0.487 e. The Labute approximate surface area is 140 Å². The third kappa shape index (κ3) is 4.51. The molecule has 1 atom stereocenters. The molecule has 0 bridgehead atoms. The lowest BCUT2D eigenvalue weighted by molar-refractivity contribution is -0.147. The predicted molar refractivity (Wildman–Crippen MR) is 88.0 cm³/mol. The third-order valence-electron chi connectivity index (χ3n) is 3.49. The topological polar surface area (TPSA) is 59.1 Å². The number of rotatable bonds is 5. The van der Waals surface area contributed by atoms with Gasteiger partial charge >= 0.3 is 5.97 Å². The molecule has 6 nitrogen and oxygen atoms in total. The van der Waals surface area contributed by atoms with Crippen molar-refractivity contribution in [1.82, 2.24) is 4.90 Å². The molecule has 126 valence electrons. The number of carbonyl (C=O) groups is 2. The van der Waals surface area contributed by atoms with Crippen molar-refractivity contribution in [3.8, 4) is 5.75 Å². The maximum absolute atomic E-state index is 12.4. The Balaban J connectivity index is 2.06. The standard InChI is InChI=1S/C16H21ClN2O4/c1-4-22-16(21)10-18(3)15(20)9-19-8-11(2)23-14-6-5-12(17)7-13(14)19/h5-7,11H,4,8-10H2,1-3H3. The summed E-state index contributed by atoms with van der Waals surface area (Å²) in [6.07, 6.45) is -0.0353. The minimum Gasteiger partial charge on any atom is -0.487 e. The molecule has 1 unspecified atom stereocenters. The second kappa shape index (κ2) is 7.55. The van der Waals surface area contributed by atoms with Crippen molar-refractivity contribution < 1.29 is 19.1 Å². The fraction of sp³-hybridized carbons (Fsp3) is 0.500. The fourth-order valence-electron chi connectivity index (χ4n) is 2.42. The van der Waals surface area contributed by atoms with Crippen LogP contribution in [0.2, 0.25) is 5.02 Å². The van der Waals surface area contributed by atoms with Gasteiger partial charge in [0.25, 0.3) is 0 Å². The highest BCUT2D eigenvalue weighted by Gasteiger charge is 2.26. The fourth-order valence-corrected chi connectivity index (χ4v) is 2.59. The molecule has 0 spiro atoms. The maximum atomic E-state index is 12.4. The van der Waals surface area contributed by atoms with Gasteiger partial charge in [-0.3, -0.25) is 9.59 Å². The summed E-state index contributed by atoms with van der Waals surface area (Å²) in [4.78, 5) is 27.1. The Morgan fingerprint density at radius 3 is 2.91 bits per heavy atom. The van der Waals surface area contributed by atoms with Gasteiger partial charge in [0.15, 0.2) is 0 Å². The summed E-state index contributed by atoms with van der Waals surface area (Å²) >= 11 is 6.04. The quantitative estimate of drug-likeness (QED) is 0.767. The summed E-state index contributed by atoms with van der Waals surface area (Å²) in [6.45, 7) is 4.64.